The number of hydrogen-bond acceptors (Lipinski definition) is 3. The Morgan fingerprint density at radius 3 is 2.59 bits per heavy atom. The first-order valence-corrected chi connectivity index (χ1v) is 9.94. The van der Waals surface area contributed by atoms with Gasteiger partial charge in [0.1, 0.15) is 0 Å². The van der Waals surface area contributed by atoms with Crippen LogP contribution in [0.1, 0.15) is 24.3 Å². The largest absolute Gasteiger partial charge is 0.364 e. The average Bonchev–Trinajstić information content (AvgIpc) is 3.36. The van der Waals surface area contributed by atoms with E-state index in [-0.39, 0.29) is 29.4 Å². The summed E-state index contributed by atoms with van der Waals surface area (Å²) in [4.78, 5) is 8.11. The molecule has 2 heterocycles. The predicted molar refractivity (Wildman–Crippen MR) is 129 cm³/mol. The molecule has 0 spiro atoms. The number of halogens is 1. The Labute approximate surface area is 183 Å². The lowest BCUT2D eigenvalue weighted by atomic mass is 9.91. The van der Waals surface area contributed by atoms with E-state index in [0.717, 1.165) is 32.1 Å². The highest BCUT2D eigenvalue weighted by Gasteiger charge is 2.21. The summed E-state index contributed by atoms with van der Waals surface area (Å²) in [6.07, 6.45) is 4.43. The van der Waals surface area contributed by atoms with Crippen LogP contribution in [0.5, 0.6) is 0 Å². The van der Waals surface area contributed by atoms with Crippen molar-refractivity contribution in [2.75, 3.05) is 31.6 Å². The lowest BCUT2D eigenvalue weighted by molar-refractivity contribution is 0.518. The first kappa shape index (κ1) is 21.8. The minimum absolute atomic E-state index is 0. The average molecular weight is 496 g/mol. The number of aliphatic imine (C=N–C) groups is 1. The summed E-state index contributed by atoms with van der Waals surface area (Å²) in [5, 5.41) is 9.02. The molecule has 1 aromatic heterocycles. The van der Waals surface area contributed by atoms with E-state index in [1.807, 2.05) is 7.05 Å². The van der Waals surface area contributed by atoms with Crippen molar-refractivity contribution in [1.82, 2.24) is 10.6 Å². The molecule has 1 aliphatic rings. The monoisotopic (exact) mass is 496 g/mol. The minimum atomic E-state index is 0. The molecule has 2 aromatic rings. The zero-order chi connectivity index (χ0) is 18.4. The minimum Gasteiger partial charge on any atom is -0.364 e. The lowest BCUT2D eigenvalue weighted by Gasteiger charge is -2.25. The Kier molecular flexibility index (Phi) is 8.16. The van der Waals surface area contributed by atoms with Gasteiger partial charge in [-0.1, -0.05) is 44.2 Å². The van der Waals surface area contributed by atoms with E-state index in [9.17, 15) is 0 Å². The fraction of sp³-hybridized carbons (Fsp3) is 0.381. The Bertz CT molecular complexity index is 760. The number of anilines is 1. The zero-order valence-corrected chi connectivity index (χ0v) is 19.4. The molecule has 0 bridgehead atoms. The fourth-order valence-electron chi connectivity index (χ4n) is 3.01. The van der Waals surface area contributed by atoms with Gasteiger partial charge in [0, 0.05) is 49.2 Å². The zero-order valence-electron chi connectivity index (χ0n) is 16.2. The predicted octanol–water partition coefficient (Wildman–Crippen LogP) is 4.39. The molecule has 1 aromatic carbocycles. The molecular formula is C21H29IN4S. The third-order valence-electron chi connectivity index (χ3n) is 4.66. The van der Waals surface area contributed by atoms with Gasteiger partial charge < -0.3 is 15.5 Å². The molecule has 3 rings (SSSR count). The Morgan fingerprint density at radius 2 is 1.93 bits per heavy atom. The van der Waals surface area contributed by atoms with Gasteiger partial charge in [0.2, 0.25) is 0 Å². The number of nitrogens with one attached hydrogen (secondary N) is 2. The van der Waals surface area contributed by atoms with E-state index in [1.165, 1.54) is 16.1 Å². The molecule has 27 heavy (non-hydrogen) atoms. The van der Waals surface area contributed by atoms with Crippen LogP contribution in [0.15, 0.2) is 58.9 Å². The molecule has 0 unspecified atom stereocenters. The molecule has 2 N–H and O–H groups in total. The number of thiophene rings is 1. The SMILES string of the molecule is CN=C(NCc1cccc(N2CC=CC2)c1)NCC(C)(C)c1cccs1.I. The second-order valence-electron chi connectivity index (χ2n) is 7.19. The third-order valence-corrected chi connectivity index (χ3v) is 5.90. The first-order valence-electron chi connectivity index (χ1n) is 9.06. The van der Waals surface area contributed by atoms with Gasteiger partial charge in [-0.25, -0.2) is 0 Å². The van der Waals surface area contributed by atoms with E-state index in [4.69, 9.17) is 0 Å². The second-order valence-corrected chi connectivity index (χ2v) is 8.13. The summed E-state index contributed by atoms with van der Waals surface area (Å²) >= 11 is 1.80. The molecule has 146 valence electrons. The van der Waals surface area contributed by atoms with E-state index in [2.05, 4.69) is 88.3 Å². The fourth-order valence-corrected chi connectivity index (χ4v) is 3.87. The second kappa shape index (κ2) is 10.1. The van der Waals surface area contributed by atoms with Crippen LogP contribution in [-0.4, -0.2) is 32.6 Å². The summed E-state index contributed by atoms with van der Waals surface area (Å²) in [5.41, 5.74) is 2.61. The Hall–Kier alpha value is -1.54. The van der Waals surface area contributed by atoms with Gasteiger partial charge in [-0.2, -0.15) is 0 Å². The van der Waals surface area contributed by atoms with E-state index in [0.29, 0.717) is 0 Å². The van der Waals surface area contributed by atoms with E-state index >= 15 is 0 Å². The molecule has 6 heteroatoms. The molecule has 0 radical (unpaired) electrons. The van der Waals surface area contributed by atoms with Crippen molar-refractivity contribution in [2.24, 2.45) is 4.99 Å². The Morgan fingerprint density at radius 1 is 1.15 bits per heavy atom. The van der Waals surface area contributed by atoms with Crippen molar-refractivity contribution in [1.29, 1.82) is 0 Å². The van der Waals surface area contributed by atoms with Gasteiger partial charge in [0.25, 0.3) is 0 Å². The van der Waals surface area contributed by atoms with Gasteiger partial charge in [0.15, 0.2) is 5.96 Å². The highest BCUT2D eigenvalue weighted by atomic mass is 127. The highest BCUT2D eigenvalue weighted by Crippen LogP contribution is 2.26. The topological polar surface area (TPSA) is 39.7 Å². The lowest BCUT2D eigenvalue weighted by Crippen LogP contribution is -2.42. The molecular weight excluding hydrogens is 467 g/mol. The number of benzene rings is 1. The summed E-state index contributed by atoms with van der Waals surface area (Å²) in [7, 11) is 1.82. The van der Waals surface area contributed by atoms with E-state index in [1.54, 1.807) is 11.3 Å². The maximum Gasteiger partial charge on any atom is 0.191 e. The van der Waals surface area contributed by atoms with Crippen LogP contribution < -0.4 is 15.5 Å². The van der Waals surface area contributed by atoms with Crippen LogP contribution in [-0.2, 0) is 12.0 Å². The Balaban J connectivity index is 0.00000261. The third kappa shape index (κ3) is 5.97. The number of rotatable bonds is 6. The maximum atomic E-state index is 4.36. The van der Waals surface area contributed by atoms with Crippen molar-refractivity contribution < 1.29 is 0 Å². The first-order chi connectivity index (χ1) is 12.6. The molecule has 0 fully saturated rings. The summed E-state index contributed by atoms with van der Waals surface area (Å²) < 4.78 is 0. The van der Waals surface area contributed by atoms with Gasteiger partial charge in [-0.3, -0.25) is 4.99 Å². The van der Waals surface area contributed by atoms with Crippen LogP contribution in [0.3, 0.4) is 0 Å². The number of hydrogen-bond donors (Lipinski definition) is 2. The summed E-state index contributed by atoms with van der Waals surface area (Å²) in [6, 6.07) is 13.0. The van der Waals surface area contributed by atoms with Crippen molar-refractivity contribution in [3.05, 3.63) is 64.4 Å². The van der Waals surface area contributed by atoms with E-state index < -0.39 is 0 Å². The summed E-state index contributed by atoms with van der Waals surface area (Å²) in [6.45, 7) is 8.11. The molecule has 0 amide bonds. The molecule has 0 saturated carbocycles. The van der Waals surface area contributed by atoms with Crippen molar-refractivity contribution >= 4 is 47.0 Å². The normalized spacial score (nSPS) is 14.2. The quantitative estimate of drug-likeness (QED) is 0.270. The van der Waals surface area contributed by atoms with Crippen LogP contribution in [0.25, 0.3) is 0 Å². The van der Waals surface area contributed by atoms with Crippen LogP contribution in [0, 0.1) is 0 Å². The molecule has 4 nitrogen and oxygen atoms in total. The van der Waals surface area contributed by atoms with Gasteiger partial charge in [0.05, 0.1) is 0 Å². The highest BCUT2D eigenvalue weighted by molar-refractivity contribution is 14.0. The number of nitrogens with zero attached hydrogens (tertiary/aromatic N) is 2. The van der Waals surface area contributed by atoms with Crippen LogP contribution in [0.4, 0.5) is 5.69 Å². The van der Waals surface area contributed by atoms with Crippen LogP contribution in [0.2, 0.25) is 0 Å². The van der Waals surface area contributed by atoms with Gasteiger partial charge in [-0.05, 0) is 29.1 Å². The smallest absolute Gasteiger partial charge is 0.191 e. The molecule has 0 atom stereocenters. The molecule has 1 aliphatic heterocycles. The van der Waals surface area contributed by atoms with Gasteiger partial charge >= 0.3 is 0 Å². The number of guanidine groups is 1. The van der Waals surface area contributed by atoms with Crippen molar-refractivity contribution in [3.8, 4) is 0 Å². The van der Waals surface area contributed by atoms with Crippen molar-refractivity contribution in [3.63, 3.8) is 0 Å². The van der Waals surface area contributed by atoms with Gasteiger partial charge in [-0.15, -0.1) is 35.3 Å². The van der Waals surface area contributed by atoms with Crippen molar-refractivity contribution in [2.45, 2.75) is 25.8 Å². The molecule has 0 saturated heterocycles. The van der Waals surface area contributed by atoms with Crippen LogP contribution >= 0.6 is 35.3 Å². The standard InChI is InChI=1S/C21H28N4S.HI/c1-21(2,19-10-7-13-26-19)16-24-20(22-3)23-15-17-8-6-9-18(14-17)25-11-4-5-12-25;/h4-10,13-14H,11-12,15-16H2,1-3H3,(H2,22,23,24);1H. The molecule has 0 aliphatic carbocycles. The maximum absolute atomic E-state index is 4.36. The summed E-state index contributed by atoms with van der Waals surface area (Å²) in [5.74, 6) is 0.836.